The van der Waals surface area contributed by atoms with Crippen molar-refractivity contribution >= 4 is 10.0 Å². The van der Waals surface area contributed by atoms with Crippen LogP contribution in [0.25, 0.3) is 0 Å². The summed E-state index contributed by atoms with van der Waals surface area (Å²) in [4.78, 5) is 0. The second-order valence-electron chi connectivity index (χ2n) is 5.91. The average Bonchev–Trinajstić information content (AvgIpc) is 2.83. The van der Waals surface area contributed by atoms with Crippen LogP contribution in [0.4, 0.5) is 0 Å². The number of fused-ring (bicyclic) bond motifs is 1. The lowest BCUT2D eigenvalue weighted by Crippen LogP contribution is -2.43. The molecule has 2 aromatic rings. The van der Waals surface area contributed by atoms with Crippen molar-refractivity contribution in [2.75, 3.05) is 6.54 Å². The van der Waals surface area contributed by atoms with Crippen molar-refractivity contribution in [1.82, 2.24) is 4.72 Å². The van der Waals surface area contributed by atoms with E-state index >= 15 is 0 Å². The lowest BCUT2D eigenvalue weighted by molar-refractivity contribution is 0.0567. The summed E-state index contributed by atoms with van der Waals surface area (Å²) in [5.41, 5.74) is 1.88. The van der Waals surface area contributed by atoms with Crippen LogP contribution in [0.15, 0.2) is 54.6 Å². The van der Waals surface area contributed by atoms with E-state index in [9.17, 15) is 13.5 Å². The van der Waals surface area contributed by atoms with Gasteiger partial charge in [0.2, 0.25) is 10.0 Å². The van der Waals surface area contributed by atoms with Gasteiger partial charge in [0.05, 0.1) is 11.4 Å². The van der Waals surface area contributed by atoms with Gasteiger partial charge < -0.3 is 5.11 Å². The van der Waals surface area contributed by atoms with E-state index in [1.807, 2.05) is 42.5 Å². The van der Waals surface area contributed by atoms with Gasteiger partial charge in [-0.2, -0.15) is 0 Å². The molecule has 0 bridgehead atoms. The highest BCUT2D eigenvalue weighted by molar-refractivity contribution is 7.88. The van der Waals surface area contributed by atoms with Gasteiger partial charge in [0.1, 0.15) is 0 Å². The smallest absolute Gasteiger partial charge is 0.215 e. The van der Waals surface area contributed by atoms with Crippen molar-refractivity contribution in [3.05, 3.63) is 71.3 Å². The lowest BCUT2D eigenvalue weighted by Gasteiger charge is -2.22. The van der Waals surface area contributed by atoms with Gasteiger partial charge in [-0.05, 0) is 16.7 Å². The standard InChI is InChI=1S/C17H19NO3S/c19-17(10-15-8-4-5-9-16(15)11-17)13-18-22(20,21)12-14-6-2-1-3-7-14/h1-9,18-19H,10-13H2. The third-order valence-corrected chi connectivity index (χ3v) is 5.28. The molecule has 0 saturated carbocycles. The zero-order valence-electron chi connectivity index (χ0n) is 12.2. The van der Waals surface area contributed by atoms with Gasteiger partial charge >= 0.3 is 0 Å². The number of rotatable bonds is 5. The number of benzene rings is 2. The van der Waals surface area contributed by atoms with Gasteiger partial charge in [-0.1, -0.05) is 54.6 Å². The highest BCUT2D eigenvalue weighted by Gasteiger charge is 2.35. The summed E-state index contributed by atoms with van der Waals surface area (Å²) in [5.74, 6) is -0.0726. The van der Waals surface area contributed by atoms with Crippen LogP contribution < -0.4 is 4.72 Å². The Labute approximate surface area is 130 Å². The molecule has 1 aliphatic carbocycles. The van der Waals surface area contributed by atoms with Crippen molar-refractivity contribution in [2.45, 2.75) is 24.2 Å². The maximum Gasteiger partial charge on any atom is 0.215 e. The molecule has 0 aliphatic heterocycles. The number of sulfonamides is 1. The van der Waals surface area contributed by atoms with Crippen LogP contribution in [0.5, 0.6) is 0 Å². The Balaban J connectivity index is 1.63. The summed E-state index contributed by atoms with van der Waals surface area (Å²) in [5, 5.41) is 10.6. The molecule has 0 unspecified atom stereocenters. The van der Waals surface area contributed by atoms with Crippen molar-refractivity contribution < 1.29 is 13.5 Å². The molecule has 0 atom stereocenters. The predicted octanol–water partition coefficient (Wildman–Crippen LogP) is 1.64. The summed E-state index contributed by atoms with van der Waals surface area (Å²) in [7, 11) is -3.46. The van der Waals surface area contributed by atoms with Crippen molar-refractivity contribution in [3.8, 4) is 0 Å². The summed E-state index contributed by atoms with van der Waals surface area (Å²) in [6, 6.07) is 16.9. The van der Waals surface area contributed by atoms with Crippen LogP contribution in [-0.2, 0) is 28.6 Å². The van der Waals surface area contributed by atoms with Gasteiger partial charge in [-0.15, -0.1) is 0 Å². The normalized spacial score (nSPS) is 16.4. The van der Waals surface area contributed by atoms with E-state index < -0.39 is 15.6 Å². The predicted molar refractivity (Wildman–Crippen MR) is 85.9 cm³/mol. The number of nitrogens with one attached hydrogen (secondary N) is 1. The molecule has 0 amide bonds. The van der Waals surface area contributed by atoms with Gasteiger partial charge in [0, 0.05) is 19.4 Å². The molecule has 1 aliphatic rings. The maximum atomic E-state index is 12.1. The third-order valence-electron chi connectivity index (χ3n) is 3.98. The minimum Gasteiger partial charge on any atom is -0.388 e. The SMILES string of the molecule is O=S(=O)(Cc1ccccc1)NCC1(O)Cc2ccccc2C1. The van der Waals surface area contributed by atoms with Crippen LogP contribution in [0, 0.1) is 0 Å². The van der Waals surface area contributed by atoms with E-state index in [4.69, 9.17) is 0 Å². The van der Waals surface area contributed by atoms with Gasteiger partial charge in [0.25, 0.3) is 0 Å². The first-order valence-corrected chi connectivity index (χ1v) is 8.91. The number of hydrogen-bond donors (Lipinski definition) is 2. The fourth-order valence-electron chi connectivity index (χ4n) is 2.89. The maximum absolute atomic E-state index is 12.1. The van der Waals surface area contributed by atoms with E-state index in [0.717, 1.165) is 16.7 Å². The molecule has 116 valence electrons. The first-order valence-electron chi connectivity index (χ1n) is 7.26. The Morgan fingerprint density at radius 1 is 0.955 bits per heavy atom. The van der Waals surface area contributed by atoms with E-state index in [1.54, 1.807) is 12.1 Å². The zero-order valence-corrected chi connectivity index (χ0v) is 13.0. The molecule has 0 radical (unpaired) electrons. The fourth-order valence-corrected chi connectivity index (χ4v) is 4.11. The van der Waals surface area contributed by atoms with Crippen LogP contribution >= 0.6 is 0 Å². The first-order chi connectivity index (χ1) is 10.5. The number of aliphatic hydroxyl groups is 1. The zero-order chi connectivity index (χ0) is 15.6. The molecule has 0 spiro atoms. The Morgan fingerprint density at radius 3 is 2.09 bits per heavy atom. The molecule has 0 fully saturated rings. The quantitative estimate of drug-likeness (QED) is 0.881. The lowest BCUT2D eigenvalue weighted by atomic mass is 10.0. The molecule has 4 nitrogen and oxygen atoms in total. The highest BCUT2D eigenvalue weighted by atomic mass is 32.2. The van der Waals surface area contributed by atoms with Crippen LogP contribution in [0.1, 0.15) is 16.7 Å². The molecular formula is C17H19NO3S. The van der Waals surface area contributed by atoms with Crippen molar-refractivity contribution in [1.29, 1.82) is 0 Å². The molecule has 2 N–H and O–H groups in total. The highest BCUT2D eigenvalue weighted by Crippen LogP contribution is 2.29. The van der Waals surface area contributed by atoms with Gasteiger partial charge in [0.15, 0.2) is 0 Å². The monoisotopic (exact) mass is 317 g/mol. The summed E-state index contributed by atoms with van der Waals surface area (Å²) in [6.45, 7) is 0.0385. The summed E-state index contributed by atoms with van der Waals surface area (Å²) >= 11 is 0. The minimum absolute atomic E-state index is 0.0385. The molecule has 22 heavy (non-hydrogen) atoms. The Morgan fingerprint density at radius 2 is 1.50 bits per heavy atom. The second kappa shape index (κ2) is 5.83. The summed E-state index contributed by atoms with van der Waals surface area (Å²) in [6.07, 6.45) is 0.966. The molecule has 0 saturated heterocycles. The Hall–Kier alpha value is -1.69. The van der Waals surface area contributed by atoms with Gasteiger partial charge in [-0.25, -0.2) is 13.1 Å². The van der Waals surface area contributed by atoms with Gasteiger partial charge in [-0.3, -0.25) is 0 Å². The fraction of sp³-hybridized carbons (Fsp3) is 0.294. The van der Waals surface area contributed by atoms with E-state index in [-0.39, 0.29) is 12.3 Å². The molecule has 2 aromatic carbocycles. The van der Waals surface area contributed by atoms with Crippen molar-refractivity contribution in [2.24, 2.45) is 0 Å². The molecule has 5 heteroatoms. The average molecular weight is 317 g/mol. The molecular weight excluding hydrogens is 298 g/mol. The Bertz CT molecular complexity index is 731. The largest absolute Gasteiger partial charge is 0.388 e. The first kappa shape index (κ1) is 15.2. The van der Waals surface area contributed by atoms with E-state index in [0.29, 0.717) is 12.8 Å². The second-order valence-corrected chi connectivity index (χ2v) is 7.72. The van der Waals surface area contributed by atoms with Crippen LogP contribution in [0.2, 0.25) is 0 Å². The molecule has 3 rings (SSSR count). The van der Waals surface area contributed by atoms with E-state index in [2.05, 4.69) is 4.72 Å². The van der Waals surface area contributed by atoms with E-state index in [1.165, 1.54) is 0 Å². The summed E-state index contributed by atoms with van der Waals surface area (Å²) < 4.78 is 26.8. The topological polar surface area (TPSA) is 66.4 Å². The third kappa shape index (κ3) is 3.55. The minimum atomic E-state index is -3.46. The Kier molecular flexibility index (Phi) is 4.04. The molecule has 0 heterocycles. The number of hydrogen-bond acceptors (Lipinski definition) is 3. The molecule has 0 aromatic heterocycles. The van der Waals surface area contributed by atoms with Crippen molar-refractivity contribution in [3.63, 3.8) is 0 Å². The van der Waals surface area contributed by atoms with Crippen LogP contribution in [0.3, 0.4) is 0 Å². The van der Waals surface area contributed by atoms with Crippen LogP contribution in [-0.4, -0.2) is 25.7 Å².